The first kappa shape index (κ1) is 121. The molecule has 8 aromatic rings. The molecule has 8 aromatic carbocycles. The third kappa shape index (κ3) is 31.4. The number of ether oxygens (including phenoxy) is 1. The van der Waals surface area contributed by atoms with E-state index in [-0.39, 0.29) is 103 Å². The molecule has 4 atom stereocenters. The highest BCUT2D eigenvalue weighted by molar-refractivity contribution is 6.36. The summed E-state index contributed by atoms with van der Waals surface area (Å²) in [5.41, 5.74) is -6.10. The predicted molar refractivity (Wildman–Crippen MR) is 566 cm³/mol. The Labute approximate surface area is 896 Å². The van der Waals surface area contributed by atoms with Gasteiger partial charge in [0.05, 0.1) is 53.9 Å². The van der Waals surface area contributed by atoms with Gasteiger partial charge < -0.3 is 75.6 Å². The van der Waals surface area contributed by atoms with Gasteiger partial charge in [-0.2, -0.15) is 39.5 Å². The molecule has 38 heteroatoms. The van der Waals surface area contributed by atoms with Crippen LogP contribution in [0, 0.1) is 29.1 Å². The third-order valence-corrected chi connectivity index (χ3v) is 30.4. The summed E-state index contributed by atoms with van der Waals surface area (Å²) in [6.45, 7) is 13.4. The molecule has 4 saturated heterocycles. The average Bonchev–Trinajstić information content (AvgIpc) is 1.54. The molecule has 149 heavy (non-hydrogen) atoms. The smallest absolute Gasteiger partial charge is 0.430 e. The first-order valence-corrected chi connectivity index (χ1v) is 52.6. The van der Waals surface area contributed by atoms with E-state index < -0.39 is 75.2 Å². The standard InChI is InChI=1S/C29H37ClF3N3O4.C29H38ClN3O2.C27H32ClF3N2O3.C26H29Cl3F3N3O3/c1-19(2)40-23-9-6-8-21(17-23)28(39,29(31,32)33)27(38)36-15-12-20(13-16-36)7-4-5-14-35-22-10-11-24(25(30)18-22)26(37)34-3;1-28(2,22-9-7-6-8-10-22)27(35)33-15-13-29(14-16-33)18-23(29)20-32(5)19-21-11-12-24(25(30)17-21)26(34)31(3)4;1-32(2)24(34)22-13-12-20(18-23(22)28)9-7-6-8-19-14-16-33(17-15-19)25(35)26(36,27(29,30)31)21-10-4-3-5-11-21;1-33-23(36)21-6-5-20(15-22(21)29)34-9-3-2-4-16-7-10-35(11-8-16)24(37)25(38,26(30,31)32)17-12-18(27)14-19(28)13-17/h6,8-11,17-20,35,39H,4-5,7,12-16H2,1-3H3,(H,34,37);6-12,17,23H,13-16,18-20H2,1-5H3;3-5,10-13,18-19,36H,6-9,14-17H2,1-2H3;5-6,12-16,34,38H,2-4,7-11H2,1H3,(H,33,36)/t28-;;26-;25-/m0.11/s1. The fourth-order valence-corrected chi connectivity index (χ4v) is 21.3. The first-order chi connectivity index (χ1) is 70.2. The van der Waals surface area contributed by atoms with Crippen LogP contribution in [0.4, 0.5) is 50.9 Å². The molecule has 812 valence electrons. The lowest BCUT2D eigenvalue weighted by molar-refractivity contribution is -0.263. The number of alkyl halides is 9. The summed E-state index contributed by atoms with van der Waals surface area (Å²) in [6.07, 6.45) is -0.141. The lowest BCUT2D eigenvalue weighted by atomic mass is 9.81. The monoisotopic (exact) mass is 2200 g/mol. The third-order valence-electron chi connectivity index (χ3n) is 28.7. The number of unbranched alkanes of at least 4 members (excludes halogenated alkanes) is 3. The predicted octanol–water partition coefficient (Wildman–Crippen LogP) is 22.6. The number of carbonyl (C=O) groups is 8. The van der Waals surface area contributed by atoms with E-state index in [4.69, 9.17) is 74.3 Å². The number of benzene rings is 8. The zero-order valence-corrected chi connectivity index (χ0v) is 90.4. The van der Waals surface area contributed by atoms with Crippen molar-refractivity contribution in [1.82, 2.24) is 44.9 Å². The van der Waals surface area contributed by atoms with E-state index in [2.05, 4.69) is 50.2 Å². The zero-order valence-electron chi connectivity index (χ0n) is 85.9. The second-order valence-corrected chi connectivity index (χ2v) is 43.0. The Kier molecular flexibility index (Phi) is 43.3. The van der Waals surface area contributed by atoms with E-state index in [0.717, 1.165) is 182 Å². The lowest BCUT2D eigenvalue weighted by Crippen LogP contribution is -2.57. The van der Waals surface area contributed by atoms with E-state index >= 15 is 0 Å². The van der Waals surface area contributed by atoms with Crippen LogP contribution in [0.3, 0.4) is 0 Å². The molecule has 23 nitrogen and oxygen atoms in total. The number of piperidine rings is 4. The van der Waals surface area contributed by atoms with Crippen LogP contribution in [0.5, 0.6) is 5.75 Å². The Bertz CT molecular complexity index is 5840. The molecule has 1 saturated carbocycles. The Morgan fingerprint density at radius 3 is 1.18 bits per heavy atom. The largest absolute Gasteiger partial charge is 0.491 e. The summed E-state index contributed by atoms with van der Waals surface area (Å²) in [4.78, 5) is 111. The van der Waals surface area contributed by atoms with Crippen LogP contribution in [0.2, 0.25) is 30.1 Å². The number of nitrogens with zero attached hydrogens (tertiary/aromatic N) is 7. The highest BCUT2D eigenvalue weighted by Gasteiger charge is 2.65. The van der Waals surface area contributed by atoms with Crippen LogP contribution in [0.15, 0.2) is 176 Å². The molecule has 1 unspecified atom stereocenters. The van der Waals surface area contributed by atoms with Crippen molar-refractivity contribution < 1.29 is 97.9 Å². The lowest BCUT2D eigenvalue weighted by Gasteiger charge is -2.38. The highest BCUT2D eigenvalue weighted by Crippen LogP contribution is 2.60. The minimum atomic E-state index is -5.26. The van der Waals surface area contributed by atoms with Crippen LogP contribution < -0.4 is 26.0 Å². The molecule has 4 heterocycles. The first-order valence-electron chi connectivity index (χ1n) is 50.3. The number of hydrogen-bond acceptors (Lipinski definition) is 15. The molecule has 1 spiro atoms. The van der Waals surface area contributed by atoms with E-state index in [0.29, 0.717) is 111 Å². The number of anilines is 2. The Morgan fingerprint density at radius 1 is 0.416 bits per heavy atom. The summed E-state index contributed by atoms with van der Waals surface area (Å²) < 4.78 is 131. The van der Waals surface area contributed by atoms with Crippen molar-refractivity contribution in [2.75, 3.05) is 132 Å². The van der Waals surface area contributed by atoms with Crippen LogP contribution in [-0.4, -0.2) is 243 Å². The second kappa shape index (κ2) is 53.4. The number of carbonyl (C=O) groups excluding carboxylic acids is 8. The molecule has 4 aliphatic heterocycles. The van der Waals surface area contributed by atoms with E-state index in [1.165, 1.54) is 54.8 Å². The number of aliphatic hydroxyl groups is 3. The number of amides is 8. The van der Waals surface area contributed by atoms with Crippen LogP contribution in [0.1, 0.15) is 218 Å². The van der Waals surface area contributed by atoms with Crippen molar-refractivity contribution >= 4 is 128 Å². The minimum Gasteiger partial charge on any atom is -0.491 e. The van der Waals surface area contributed by atoms with Crippen molar-refractivity contribution in [3.05, 3.63) is 262 Å². The Hall–Kier alpha value is -10.1. The van der Waals surface area contributed by atoms with Gasteiger partial charge in [-0.05, 0) is 255 Å². The molecule has 0 bridgehead atoms. The summed E-state index contributed by atoms with van der Waals surface area (Å²) in [5, 5.41) is 45.0. The van der Waals surface area contributed by atoms with Crippen molar-refractivity contribution in [2.24, 2.45) is 29.1 Å². The van der Waals surface area contributed by atoms with Crippen LogP contribution in [0.25, 0.3) is 0 Å². The Morgan fingerprint density at radius 2 is 0.785 bits per heavy atom. The van der Waals surface area contributed by atoms with Crippen molar-refractivity contribution in [1.29, 1.82) is 0 Å². The highest BCUT2D eigenvalue weighted by atomic mass is 35.5. The number of aryl methyl sites for hydroxylation is 1. The van der Waals surface area contributed by atoms with Crippen molar-refractivity contribution in [2.45, 2.75) is 203 Å². The minimum absolute atomic E-state index is 0.0770. The molecule has 8 amide bonds. The van der Waals surface area contributed by atoms with Gasteiger partial charge in [-0.1, -0.05) is 193 Å². The van der Waals surface area contributed by atoms with Crippen LogP contribution in [-0.2, 0) is 54.4 Å². The maximum absolute atomic E-state index is 14.2. The van der Waals surface area contributed by atoms with Gasteiger partial charge in [0.15, 0.2) is 0 Å². The number of hydrogen-bond donors (Lipinski definition) is 7. The molecule has 5 fully saturated rings. The molecule has 7 N–H and O–H groups in total. The number of rotatable bonds is 35. The summed E-state index contributed by atoms with van der Waals surface area (Å²) in [6, 6.07) is 46.2. The molecule has 0 radical (unpaired) electrons. The quantitative estimate of drug-likeness (QED) is 0.0144. The van der Waals surface area contributed by atoms with E-state index in [9.17, 15) is 93.2 Å². The summed E-state index contributed by atoms with van der Waals surface area (Å²) in [7, 11) is 12.0. The van der Waals surface area contributed by atoms with Gasteiger partial charge in [0.1, 0.15) is 5.75 Å². The summed E-state index contributed by atoms with van der Waals surface area (Å²) in [5.74, 6) is -2.89. The normalized spacial score (nSPS) is 16.9. The average molecular weight is 2200 g/mol. The fraction of sp³-hybridized carbons (Fsp3) is 0.495. The van der Waals surface area contributed by atoms with Gasteiger partial charge in [0, 0.05) is 159 Å². The Balaban J connectivity index is 0.000000203. The molecule has 0 aromatic heterocycles. The van der Waals surface area contributed by atoms with E-state index in [1.54, 1.807) is 96.5 Å². The maximum atomic E-state index is 14.2. The zero-order chi connectivity index (χ0) is 109. The van der Waals surface area contributed by atoms with Gasteiger partial charge in [0.2, 0.25) is 5.91 Å². The fourth-order valence-electron chi connectivity index (χ4n) is 19.7. The molecule has 5 aliphatic rings. The molecular formula is C111H136Cl6F9N11O12. The SMILES string of the molecule is CN(C)C(=O)c1ccc(CCCCC2CCN(C(=O)[C@](O)(c3ccccc3)C(F)(F)F)CC2)cc1Cl.CN(Cc1ccc(C(=O)N(C)C)c(Cl)c1)CC1CC12CCN(C(=O)C(C)(C)c1ccccc1)CC2.CNC(=O)c1ccc(NCCCCC2CCN(C(=O)[C@@](O)(c3cccc(OC(C)C)c3)C(F)(F)F)CC2)cc1Cl.CNC(=O)c1ccc(NCCCCC2CCN(C(=O)[C@](O)(c3cc(Cl)cc(Cl)c3)C(F)(F)F)CC2)cc1Cl. The second-order valence-electron chi connectivity index (χ2n) is 40.5. The van der Waals surface area contributed by atoms with E-state index in [1.807, 2.05) is 62.4 Å². The van der Waals surface area contributed by atoms with Gasteiger partial charge >= 0.3 is 18.5 Å². The van der Waals surface area contributed by atoms with Gasteiger partial charge in [-0.15, -0.1) is 0 Å². The van der Waals surface area contributed by atoms with Gasteiger partial charge in [-0.3, -0.25) is 38.4 Å². The molecular weight excluding hydrogens is 2060 g/mol. The van der Waals surface area contributed by atoms with Gasteiger partial charge in [-0.25, -0.2) is 0 Å². The van der Waals surface area contributed by atoms with Crippen molar-refractivity contribution in [3.8, 4) is 5.75 Å². The number of nitrogens with one attached hydrogen (secondary N) is 4. The summed E-state index contributed by atoms with van der Waals surface area (Å²) >= 11 is 36.7. The molecule has 1 aliphatic carbocycles. The number of halogens is 15. The van der Waals surface area contributed by atoms with Crippen LogP contribution >= 0.6 is 69.6 Å². The van der Waals surface area contributed by atoms with Gasteiger partial charge in [0.25, 0.3) is 58.2 Å². The van der Waals surface area contributed by atoms with Crippen molar-refractivity contribution in [3.63, 3.8) is 0 Å². The maximum Gasteiger partial charge on any atom is 0.430 e. The topological polar surface area (TPSA) is 277 Å². The number of likely N-dealkylation sites (tertiary alicyclic amines) is 4. The molecule has 13 rings (SSSR count).